The van der Waals surface area contributed by atoms with Crippen molar-refractivity contribution < 1.29 is 0 Å². The van der Waals surface area contributed by atoms with Gasteiger partial charge in [0.25, 0.3) is 0 Å². The van der Waals surface area contributed by atoms with Crippen LogP contribution in [0.4, 0.5) is 0 Å². The first kappa shape index (κ1) is 13.6. The third-order valence-electron chi connectivity index (χ3n) is 7.71. The predicted octanol–water partition coefficient (Wildman–Crippen LogP) is 6.30. The van der Waals surface area contributed by atoms with E-state index in [2.05, 4.69) is 0 Å². The van der Waals surface area contributed by atoms with Crippen LogP contribution >= 0.6 is 0 Å². The average Bonchev–Trinajstić information content (AvgIpc) is 2.73. The molecule has 5 saturated carbocycles. The third-order valence-corrected chi connectivity index (χ3v) is 7.71. The highest BCUT2D eigenvalue weighted by atomic mass is 14.5. The Balaban J connectivity index is 1.59. The summed E-state index contributed by atoms with van der Waals surface area (Å²) in [5, 5.41) is 0. The second-order valence-electron chi connectivity index (χ2n) is 8.64. The van der Waals surface area contributed by atoms with E-state index in [1.807, 2.05) is 5.92 Å². The van der Waals surface area contributed by atoms with Crippen LogP contribution in [0.25, 0.3) is 0 Å². The molecule has 0 aromatic rings. The van der Waals surface area contributed by atoms with Crippen LogP contribution in [-0.4, -0.2) is 0 Å². The summed E-state index contributed by atoms with van der Waals surface area (Å²) >= 11 is 0. The summed E-state index contributed by atoms with van der Waals surface area (Å²) in [7, 11) is 0. The third kappa shape index (κ3) is 2.46. The molecule has 5 aliphatic carbocycles. The van der Waals surface area contributed by atoms with Crippen LogP contribution in [0.1, 0.15) is 96.3 Å². The van der Waals surface area contributed by atoms with Gasteiger partial charge >= 0.3 is 0 Å². The van der Waals surface area contributed by atoms with Crippen molar-refractivity contribution in [3.05, 3.63) is 5.92 Å². The maximum Gasteiger partial charge on any atom is -0.0204 e. The largest absolute Gasteiger partial charge is 0.0527 e. The number of rotatable bonds is 1. The first-order valence-corrected chi connectivity index (χ1v) is 9.70. The van der Waals surface area contributed by atoms with Gasteiger partial charge in [-0.2, -0.15) is 0 Å². The lowest BCUT2D eigenvalue weighted by atomic mass is 9.57. The topological polar surface area (TPSA) is 0 Å². The van der Waals surface area contributed by atoms with E-state index in [-0.39, 0.29) is 0 Å². The summed E-state index contributed by atoms with van der Waals surface area (Å²) in [6, 6.07) is 0. The van der Waals surface area contributed by atoms with Crippen LogP contribution in [0.2, 0.25) is 0 Å². The summed E-state index contributed by atoms with van der Waals surface area (Å²) in [4.78, 5) is 0. The molecular weight excluding hydrogens is 240 g/mol. The monoisotopic (exact) mass is 273 g/mol. The Labute approximate surface area is 126 Å². The maximum absolute atomic E-state index is 2.04. The minimum absolute atomic E-state index is 0.769. The quantitative estimate of drug-likeness (QED) is 0.525. The van der Waals surface area contributed by atoms with Crippen LogP contribution in [0.15, 0.2) is 0 Å². The fraction of sp³-hybridized carbons (Fsp3) is 0.950. The highest BCUT2D eigenvalue weighted by Crippen LogP contribution is 2.57. The second kappa shape index (κ2) is 5.65. The molecule has 0 aromatic carbocycles. The molecule has 0 N–H and O–H groups in total. The van der Waals surface area contributed by atoms with Gasteiger partial charge in [0.15, 0.2) is 0 Å². The fourth-order valence-electron chi connectivity index (χ4n) is 6.55. The molecular formula is C20H33. The number of fused-ring (bicyclic) bond motifs is 9. The van der Waals surface area contributed by atoms with Crippen molar-refractivity contribution in [3.8, 4) is 0 Å². The second-order valence-corrected chi connectivity index (χ2v) is 8.64. The normalized spacial score (nSPS) is 46.5. The van der Waals surface area contributed by atoms with Crippen molar-refractivity contribution in [2.45, 2.75) is 96.3 Å². The van der Waals surface area contributed by atoms with E-state index in [4.69, 9.17) is 0 Å². The zero-order valence-corrected chi connectivity index (χ0v) is 13.3. The zero-order chi connectivity index (χ0) is 13.4. The van der Waals surface area contributed by atoms with Gasteiger partial charge < -0.3 is 0 Å². The first-order chi connectivity index (χ1) is 9.86. The Bertz CT molecular complexity index is 310. The van der Waals surface area contributed by atoms with Crippen molar-refractivity contribution in [3.63, 3.8) is 0 Å². The van der Waals surface area contributed by atoms with Gasteiger partial charge in [-0.1, -0.05) is 38.5 Å². The van der Waals surface area contributed by atoms with Gasteiger partial charge in [-0.15, -0.1) is 0 Å². The molecule has 5 fully saturated rings. The van der Waals surface area contributed by atoms with Crippen LogP contribution < -0.4 is 0 Å². The highest BCUT2D eigenvalue weighted by Gasteiger charge is 2.45. The minimum atomic E-state index is 0.769. The zero-order valence-electron chi connectivity index (χ0n) is 13.3. The lowest BCUT2D eigenvalue weighted by molar-refractivity contribution is 0.0875. The number of hydrogen-bond donors (Lipinski definition) is 0. The van der Waals surface area contributed by atoms with E-state index in [0.717, 1.165) is 23.2 Å². The molecule has 1 radical (unpaired) electrons. The highest BCUT2D eigenvalue weighted by molar-refractivity contribution is 5.09. The van der Waals surface area contributed by atoms with E-state index >= 15 is 0 Å². The van der Waals surface area contributed by atoms with Crippen LogP contribution in [0.5, 0.6) is 0 Å². The number of hydrogen-bond acceptors (Lipinski definition) is 0. The molecule has 0 heteroatoms. The van der Waals surface area contributed by atoms with Crippen LogP contribution in [0.3, 0.4) is 0 Å². The van der Waals surface area contributed by atoms with E-state index in [9.17, 15) is 0 Å². The van der Waals surface area contributed by atoms with Crippen molar-refractivity contribution in [2.24, 2.45) is 23.2 Å². The molecule has 0 nitrogen and oxygen atoms in total. The van der Waals surface area contributed by atoms with E-state index in [0.29, 0.717) is 0 Å². The summed E-state index contributed by atoms with van der Waals surface area (Å²) in [5.74, 6) is 5.29. The maximum atomic E-state index is 2.04. The van der Waals surface area contributed by atoms with Crippen LogP contribution in [0, 0.1) is 29.1 Å². The van der Waals surface area contributed by atoms with Gasteiger partial charge in [-0.25, -0.2) is 0 Å². The lowest BCUT2D eigenvalue weighted by Gasteiger charge is -2.48. The van der Waals surface area contributed by atoms with Gasteiger partial charge in [0, 0.05) is 0 Å². The SMILES string of the molecule is C1CC2CC[C](CC2)C(C23CCCC(CCC2)CC3)C1. The Kier molecular flexibility index (Phi) is 3.86. The van der Waals surface area contributed by atoms with Gasteiger partial charge in [-0.3, -0.25) is 0 Å². The fourth-order valence-corrected chi connectivity index (χ4v) is 6.55. The first-order valence-electron chi connectivity index (χ1n) is 9.70. The standard InChI is InChI=1S/C20H33/c1-4-17-8-10-18(11-9-17)19(7-1)20-13-2-5-16(12-15-20)6-3-14-20/h16-17,19H,1-15H2. The van der Waals surface area contributed by atoms with E-state index in [1.54, 1.807) is 83.5 Å². The van der Waals surface area contributed by atoms with Crippen LogP contribution in [-0.2, 0) is 0 Å². The minimum Gasteiger partial charge on any atom is -0.0527 e. The summed E-state index contributed by atoms with van der Waals surface area (Å²) in [6.07, 6.45) is 23.4. The Hall–Kier alpha value is 0. The molecule has 0 aromatic heterocycles. The van der Waals surface area contributed by atoms with Crippen molar-refractivity contribution in [2.75, 3.05) is 0 Å². The Morgan fingerprint density at radius 1 is 0.600 bits per heavy atom. The molecule has 5 aliphatic rings. The van der Waals surface area contributed by atoms with Gasteiger partial charge in [0.05, 0.1) is 0 Å². The Morgan fingerprint density at radius 2 is 1.25 bits per heavy atom. The van der Waals surface area contributed by atoms with Gasteiger partial charge in [0.1, 0.15) is 0 Å². The molecule has 113 valence electrons. The Morgan fingerprint density at radius 3 is 2.00 bits per heavy atom. The molecule has 1 unspecified atom stereocenters. The molecule has 4 bridgehead atoms. The molecule has 1 atom stereocenters. The van der Waals surface area contributed by atoms with Crippen molar-refractivity contribution >= 4 is 0 Å². The summed E-state index contributed by atoms with van der Waals surface area (Å²) in [6.45, 7) is 0. The van der Waals surface area contributed by atoms with Gasteiger partial charge in [-0.05, 0) is 86.9 Å². The smallest absolute Gasteiger partial charge is 0.0204 e. The van der Waals surface area contributed by atoms with E-state index in [1.165, 1.54) is 12.8 Å². The summed E-state index contributed by atoms with van der Waals surface area (Å²) in [5.41, 5.74) is 0.769. The lowest BCUT2D eigenvalue weighted by Crippen LogP contribution is -2.37. The molecule has 0 amide bonds. The summed E-state index contributed by atoms with van der Waals surface area (Å²) < 4.78 is 0. The molecule has 0 heterocycles. The molecule has 5 rings (SSSR count). The van der Waals surface area contributed by atoms with Crippen molar-refractivity contribution in [1.82, 2.24) is 0 Å². The molecule has 0 aliphatic heterocycles. The molecule has 20 heavy (non-hydrogen) atoms. The predicted molar refractivity (Wildman–Crippen MR) is 85.4 cm³/mol. The molecule has 0 spiro atoms. The van der Waals surface area contributed by atoms with E-state index < -0.39 is 0 Å². The average molecular weight is 273 g/mol. The van der Waals surface area contributed by atoms with Gasteiger partial charge in [0.2, 0.25) is 0 Å². The molecule has 0 saturated heterocycles. The van der Waals surface area contributed by atoms with Crippen molar-refractivity contribution in [1.29, 1.82) is 0 Å².